The smallest absolute Gasteiger partial charge is 0.273 e. The molecule has 1 atom stereocenters. The Hall–Kier alpha value is -1.32. The molecular weight excluding hydrogens is 204 g/mol. The Morgan fingerprint density at radius 3 is 3.00 bits per heavy atom. The third kappa shape index (κ3) is 1.72. The molecular formula is C12H16N2O2. The lowest BCUT2D eigenvalue weighted by Crippen LogP contribution is -2.27. The fourth-order valence-corrected chi connectivity index (χ4v) is 2.24. The maximum absolute atomic E-state index is 11.9. The monoisotopic (exact) mass is 220 g/mol. The van der Waals surface area contributed by atoms with Crippen molar-refractivity contribution in [3.8, 4) is 0 Å². The summed E-state index contributed by atoms with van der Waals surface area (Å²) in [5.41, 5.74) is 1.56. The van der Waals surface area contributed by atoms with E-state index in [0.29, 0.717) is 17.7 Å². The number of amides is 1. The van der Waals surface area contributed by atoms with Crippen LogP contribution in [0.25, 0.3) is 0 Å². The van der Waals surface area contributed by atoms with Crippen molar-refractivity contribution in [2.75, 3.05) is 0 Å². The molecule has 1 aromatic rings. The molecule has 0 aliphatic heterocycles. The molecule has 1 heterocycles. The summed E-state index contributed by atoms with van der Waals surface area (Å²) >= 11 is 0. The molecule has 0 unspecified atom stereocenters. The van der Waals surface area contributed by atoms with Gasteiger partial charge in [0.2, 0.25) is 0 Å². The van der Waals surface area contributed by atoms with E-state index in [9.17, 15) is 4.79 Å². The Kier molecular flexibility index (Phi) is 2.23. The van der Waals surface area contributed by atoms with Gasteiger partial charge in [-0.05, 0) is 31.6 Å². The molecule has 1 aromatic heterocycles. The van der Waals surface area contributed by atoms with Gasteiger partial charge >= 0.3 is 0 Å². The number of rotatable bonds is 2. The molecule has 86 valence electrons. The summed E-state index contributed by atoms with van der Waals surface area (Å²) < 4.78 is 5.25. The minimum atomic E-state index is -0.0541. The molecule has 3 rings (SSSR count). The van der Waals surface area contributed by atoms with Gasteiger partial charge < -0.3 is 9.84 Å². The van der Waals surface area contributed by atoms with Gasteiger partial charge in [-0.25, -0.2) is 0 Å². The fourth-order valence-electron chi connectivity index (χ4n) is 2.24. The minimum absolute atomic E-state index is 0.0541. The van der Waals surface area contributed by atoms with Crippen LogP contribution in [0, 0.1) is 5.92 Å². The molecule has 1 amide bonds. The molecule has 0 aromatic carbocycles. The molecule has 16 heavy (non-hydrogen) atoms. The average molecular weight is 220 g/mol. The second kappa shape index (κ2) is 3.61. The van der Waals surface area contributed by atoms with Crippen LogP contribution in [-0.2, 0) is 12.8 Å². The van der Waals surface area contributed by atoms with Crippen LogP contribution in [0.3, 0.4) is 0 Å². The molecule has 0 spiro atoms. The number of fused-ring (bicyclic) bond motifs is 1. The van der Waals surface area contributed by atoms with E-state index in [2.05, 4.69) is 17.4 Å². The summed E-state index contributed by atoms with van der Waals surface area (Å²) in [6, 6.07) is 0.376. The van der Waals surface area contributed by atoms with Crippen molar-refractivity contribution in [3.63, 3.8) is 0 Å². The molecule has 0 saturated heterocycles. The van der Waals surface area contributed by atoms with Crippen LogP contribution in [0.4, 0.5) is 0 Å². The number of carbonyl (C=O) groups excluding carboxylic acids is 1. The zero-order valence-electron chi connectivity index (χ0n) is 9.45. The summed E-state index contributed by atoms with van der Waals surface area (Å²) in [5.74, 6) is 1.49. The lowest BCUT2D eigenvalue weighted by Gasteiger charge is -2.16. The second-order valence-electron chi connectivity index (χ2n) is 5.03. The van der Waals surface area contributed by atoms with Gasteiger partial charge in [-0.15, -0.1) is 0 Å². The van der Waals surface area contributed by atoms with Crippen LogP contribution in [0.15, 0.2) is 4.52 Å². The first kappa shape index (κ1) is 9.87. The number of aryl methyl sites for hydroxylation is 1. The van der Waals surface area contributed by atoms with E-state index in [1.54, 1.807) is 0 Å². The van der Waals surface area contributed by atoms with Crippen molar-refractivity contribution in [1.82, 2.24) is 10.5 Å². The molecule has 0 bridgehead atoms. The number of nitrogens with one attached hydrogen (secondary N) is 1. The van der Waals surface area contributed by atoms with Crippen LogP contribution >= 0.6 is 0 Å². The van der Waals surface area contributed by atoms with Gasteiger partial charge in [-0.3, -0.25) is 4.79 Å². The van der Waals surface area contributed by atoms with Crippen molar-refractivity contribution in [3.05, 3.63) is 17.0 Å². The van der Waals surface area contributed by atoms with E-state index in [1.807, 2.05) is 0 Å². The van der Waals surface area contributed by atoms with Gasteiger partial charge in [-0.2, -0.15) is 0 Å². The normalized spacial score (nSPS) is 23.9. The number of nitrogens with zero attached hydrogens (tertiary/aromatic N) is 1. The third-order valence-electron chi connectivity index (χ3n) is 3.41. The summed E-state index contributed by atoms with van der Waals surface area (Å²) in [4.78, 5) is 11.9. The largest absolute Gasteiger partial charge is 0.360 e. The average Bonchev–Trinajstić information content (AvgIpc) is 2.96. The van der Waals surface area contributed by atoms with Crippen molar-refractivity contribution < 1.29 is 9.32 Å². The quantitative estimate of drug-likeness (QED) is 0.825. The van der Waals surface area contributed by atoms with E-state index in [0.717, 1.165) is 43.4 Å². The maximum atomic E-state index is 11.9. The number of hydrogen-bond acceptors (Lipinski definition) is 3. The summed E-state index contributed by atoms with van der Waals surface area (Å²) in [5, 5.41) is 6.89. The Bertz CT molecular complexity index is 421. The highest BCUT2D eigenvalue weighted by molar-refractivity contribution is 5.94. The second-order valence-corrected chi connectivity index (χ2v) is 5.03. The van der Waals surface area contributed by atoms with Crippen molar-refractivity contribution in [2.24, 2.45) is 5.92 Å². The Morgan fingerprint density at radius 1 is 1.44 bits per heavy atom. The van der Waals surface area contributed by atoms with Gasteiger partial charge in [0.05, 0.1) is 0 Å². The Labute approximate surface area is 94.4 Å². The lowest BCUT2D eigenvalue weighted by molar-refractivity contribution is 0.0941. The summed E-state index contributed by atoms with van der Waals surface area (Å²) in [6.07, 6.45) is 5.17. The predicted octanol–water partition coefficient (Wildman–Crippen LogP) is 1.69. The van der Waals surface area contributed by atoms with E-state index in [-0.39, 0.29) is 5.91 Å². The van der Waals surface area contributed by atoms with Crippen LogP contribution < -0.4 is 5.32 Å². The molecule has 2 aliphatic carbocycles. The highest BCUT2D eigenvalue weighted by Crippen LogP contribution is 2.28. The molecule has 4 heteroatoms. The Morgan fingerprint density at radius 2 is 2.25 bits per heavy atom. The van der Waals surface area contributed by atoms with Gasteiger partial charge in [0.25, 0.3) is 5.91 Å². The topological polar surface area (TPSA) is 55.1 Å². The van der Waals surface area contributed by atoms with Crippen molar-refractivity contribution in [1.29, 1.82) is 0 Å². The predicted molar refractivity (Wildman–Crippen MR) is 58.2 cm³/mol. The molecule has 2 aliphatic rings. The standard InChI is InChI=1S/C12H16N2O2/c1-7-2-5-10-9(6-7)11(14-16-10)12(15)13-8-3-4-8/h7-8H,2-6H2,1H3,(H,13,15)/t7-/m0/s1. The fraction of sp³-hybridized carbons (Fsp3) is 0.667. The summed E-state index contributed by atoms with van der Waals surface area (Å²) in [7, 11) is 0. The highest BCUT2D eigenvalue weighted by atomic mass is 16.5. The van der Waals surface area contributed by atoms with Crippen molar-refractivity contribution >= 4 is 5.91 Å². The molecule has 1 N–H and O–H groups in total. The number of aromatic nitrogens is 1. The van der Waals surface area contributed by atoms with Crippen LogP contribution in [-0.4, -0.2) is 17.1 Å². The van der Waals surface area contributed by atoms with Gasteiger partial charge in [0.15, 0.2) is 5.69 Å². The number of hydrogen-bond donors (Lipinski definition) is 1. The summed E-state index contributed by atoms with van der Waals surface area (Å²) in [6.45, 7) is 2.21. The maximum Gasteiger partial charge on any atom is 0.273 e. The first-order chi connectivity index (χ1) is 7.74. The van der Waals surface area contributed by atoms with E-state index >= 15 is 0 Å². The van der Waals surface area contributed by atoms with E-state index in [1.165, 1.54) is 0 Å². The first-order valence-corrected chi connectivity index (χ1v) is 6.02. The molecule has 0 radical (unpaired) electrons. The molecule has 1 saturated carbocycles. The minimum Gasteiger partial charge on any atom is -0.360 e. The van der Waals surface area contributed by atoms with Gasteiger partial charge in [0, 0.05) is 18.0 Å². The van der Waals surface area contributed by atoms with E-state index < -0.39 is 0 Å². The molecule has 1 fully saturated rings. The SMILES string of the molecule is C[C@H]1CCc2onc(C(=O)NC3CC3)c2C1. The van der Waals surface area contributed by atoms with E-state index in [4.69, 9.17) is 4.52 Å². The first-order valence-electron chi connectivity index (χ1n) is 6.02. The van der Waals surface area contributed by atoms with Crippen LogP contribution in [0.2, 0.25) is 0 Å². The zero-order valence-corrected chi connectivity index (χ0v) is 9.45. The van der Waals surface area contributed by atoms with Crippen LogP contribution in [0.5, 0.6) is 0 Å². The van der Waals surface area contributed by atoms with Gasteiger partial charge in [-0.1, -0.05) is 12.1 Å². The van der Waals surface area contributed by atoms with Gasteiger partial charge in [0.1, 0.15) is 5.76 Å². The highest BCUT2D eigenvalue weighted by Gasteiger charge is 2.30. The zero-order chi connectivity index (χ0) is 11.1. The Balaban J connectivity index is 1.83. The number of carbonyl (C=O) groups is 1. The lowest BCUT2D eigenvalue weighted by atomic mass is 9.88. The van der Waals surface area contributed by atoms with Crippen LogP contribution in [0.1, 0.15) is 48.0 Å². The molecule has 4 nitrogen and oxygen atoms in total. The van der Waals surface area contributed by atoms with Crippen molar-refractivity contribution in [2.45, 2.75) is 45.1 Å². The third-order valence-corrected chi connectivity index (χ3v) is 3.41.